The molecule has 0 bridgehead atoms. The zero-order valence-electron chi connectivity index (χ0n) is 13.7. The molecule has 0 unspecified atom stereocenters. The first-order chi connectivity index (χ1) is 11.7. The molecule has 7 heteroatoms. The molecular weight excluding hydrogens is 306 g/mol. The van der Waals surface area contributed by atoms with Crippen molar-refractivity contribution in [2.24, 2.45) is 0 Å². The molecule has 0 fully saturated rings. The van der Waals surface area contributed by atoms with Crippen molar-refractivity contribution < 1.29 is 9.21 Å². The van der Waals surface area contributed by atoms with E-state index in [1.807, 2.05) is 19.1 Å². The fourth-order valence-electron chi connectivity index (χ4n) is 2.26. The number of nitrogens with zero attached hydrogens (tertiary/aromatic N) is 4. The van der Waals surface area contributed by atoms with E-state index in [0.29, 0.717) is 24.6 Å². The zero-order chi connectivity index (χ0) is 16.9. The van der Waals surface area contributed by atoms with Crippen LogP contribution in [0.5, 0.6) is 0 Å². The van der Waals surface area contributed by atoms with Crippen LogP contribution in [0.25, 0.3) is 0 Å². The molecule has 1 N–H and O–H groups in total. The maximum atomic E-state index is 12.1. The van der Waals surface area contributed by atoms with Crippen LogP contribution in [-0.4, -0.2) is 25.9 Å². The molecule has 0 spiro atoms. The molecule has 2 heterocycles. The summed E-state index contributed by atoms with van der Waals surface area (Å²) >= 11 is 0. The Hall–Kier alpha value is -2.96. The number of carbonyl (C=O) groups excluding carboxylic acids is 1. The fraction of sp³-hybridized carbons (Fsp3) is 0.294. The molecule has 0 aliphatic rings. The molecule has 0 aliphatic heterocycles. The highest BCUT2D eigenvalue weighted by Crippen LogP contribution is 2.13. The lowest BCUT2D eigenvalue weighted by atomic mass is 10.1. The average molecular weight is 325 g/mol. The summed E-state index contributed by atoms with van der Waals surface area (Å²) in [5.74, 6) is 0.0818. The Kier molecular flexibility index (Phi) is 4.69. The second-order valence-corrected chi connectivity index (χ2v) is 5.36. The molecule has 0 saturated heterocycles. The Bertz CT molecular complexity index is 820. The minimum Gasteiger partial charge on any atom is -0.407 e. The Morgan fingerprint density at radius 2 is 1.88 bits per heavy atom. The molecule has 2 aromatic heterocycles. The van der Waals surface area contributed by atoms with E-state index in [-0.39, 0.29) is 11.9 Å². The summed E-state index contributed by atoms with van der Waals surface area (Å²) in [6.07, 6.45) is 3.27. The first-order valence-corrected chi connectivity index (χ1v) is 7.93. The van der Waals surface area contributed by atoms with Gasteiger partial charge in [0.1, 0.15) is 0 Å². The minimum absolute atomic E-state index is 0.0752. The van der Waals surface area contributed by atoms with Crippen molar-refractivity contribution in [2.75, 3.05) is 5.32 Å². The number of hydrogen-bond donors (Lipinski definition) is 1. The second kappa shape index (κ2) is 7.08. The number of anilines is 1. The van der Waals surface area contributed by atoms with Crippen LogP contribution in [0.2, 0.25) is 0 Å². The molecule has 7 nitrogen and oxygen atoms in total. The topological polar surface area (TPSA) is 85.8 Å². The summed E-state index contributed by atoms with van der Waals surface area (Å²) < 4.78 is 7.16. The van der Waals surface area contributed by atoms with Crippen LogP contribution in [0, 0.1) is 0 Å². The zero-order valence-corrected chi connectivity index (χ0v) is 13.7. The average Bonchev–Trinajstić information content (AvgIpc) is 3.25. The summed E-state index contributed by atoms with van der Waals surface area (Å²) in [6, 6.07) is 9.96. The Morgan fingerprint density at radius 3 is 2.54 bits per heavy atom. The van der Waals surface area contributed by atoms with Gasteiger partial charge in [-0.2, -0.15) is 5.10 Å². The molecule has 124 valence electrons. The van der Waals surface area contributed by atoms with E-state index in [1.54, 1.807) is 16.9 Å². The van der Waals surface area contributed by atoms with Gasteiger partial charge in [0.15, 0.2) is 5.69 Å². The summed E-state index contributed by atoms with van der Waals surface area (Å²) in [4.78, 5) is 12.1. The summed E-state index contributed by atoms with van der Waals surface area (Å²) in [5, 5.41) is 14.5. The van der Waals surface area contributed by atoms with Crippen LogP contribution < -0.4 is 5.32 Å². The number of nitrogens with one attached hydrogen (secondary N) is 1. The Balaban J connectivity index is 1.63. The predicted molar refractivity (Wildman–Crippen MR) is 88.8 cm³/mol. The molecule has 1 amide bonds. The third-order valence-corrected chi connectivity index (χ3v) is 3.67. The van der Waals surface area contributed by atoms with Crippen LogP contribution in [0.15, 0.2) is 40.9 Å². The normalized spacial score (nSPS) is 10.8. The van der Waals surface area contributed by atoms with E-state index < -0.39 is 0 Å². The minimum atomic E-state index is -0.371. The van der Waals surface area contributed by atoms with Crippen molar-refractivity contribution in [3.63, 3.8) is 0 Å². The smallest absolute Gasteiger partial charge is 0.322 e. The standard InChI is InChI=1S/C17H19N5O2/c1-3-12-5-7-13(8-6-12)11-15-19-20-17(24-15)18-16(23)14-9-10-22(4-2)21-14/h5-10H,3-4,11H2,1-2H3,(H,18,20,23). The molecule has 3 aromatic rings. The largest absolute Gasteiger partial charge is 0.407 e. The van der Waals surface area contributed by atoms with E-state index in [4.69, 9.17) is 4.42 Å². The molecule has 0 aliphatic carbocycles. The number of hydrogen-bond acceptors (Lipinski definition) is 5. The SMILES string of the molecule is CCc1ccc(Cc2nnc(NC(=O)c3ccn(CC)n3)o2)cc1. The Morgan fingerprint density at radius 1 is 1.12 bits per heavy atom. The number of benzene rings is 1. The van der Waals surface area contributed by atoms with Crippen LogP contribution in [0.1, 0.15) is 41.4 Å². The maximum absolute atomic E-state index is 12.1. The molecule has 0 atom stereocenters. The quantitative estimate of drug-likeness (QED) is 0.753. The summed E-state index contributed by atoms with van der Waals surface area (Å²) in [5.41, 5.74) is 2.67. The van der Waals surface area contributed by atoms with Crippen LogP contribution in [-0.2, 0) is 19.4 Å². The van der Waals surface area contributed by atoms with Gasteiger partial charge in [-0.15, -0.1) is 5.10 Å². The number of aryl methyl sites for hydroxylation is 2. The Labute approximate surface area is 139 Å². The van der Waals surface area contributed by atoms with Gasteiger partial charge in [0, 0.05) is 12.7 Å². The number of amides is 1. The van der Waals surface area contributed by atoms with Gasteiger partial charge >= 0.3 is 6.01 Å². The highest BCUT2D eigenvalue weighted by atomic mass is 16.4. The van der Waals surface area contributed by atoms with E-state index in [0.717, 1.165) is 12.0 Å². The van der Waals surface area contributed by atoms with E-state index in [9.17, 15) is 4.79 Å². The van der Waals surface area contributed by atoms with Crippen molar-refractivity contribution in [1.29, 1.82) is 0 Å². The number of aromatic nitrogens is 4. The maximum Gasteiger partial charge on any atom is 0.322 e. The van der Waals surface area contributed by atoms with Crippen LogP contribution in [0.3, 0.4) is 0 Å². The molecule has 3 rings (SSSR count). The number of rotatable bonds is 6. The van der Waals surface area contributed by atoms with Crippen molar-refractivity contribution in [1.82, 2.24) is 20.0 Å². The van der Waals surface area contributed by atoms with Crippen molar-refractivity contribution in [3.05, 3.63) is 59.2 Å². The van der Waals surface area contributed by atoms with Gasteiger partial charge in [-0.05, 0) is 30.5 Å². The van der Waals surface area contributed by atoms with Crippen LogP contribution in [0.4, 0.5) is 6.01 Å². The first-order valence-electron chi connectivity index (χ1n) is 7.93. The third-order valence-electron chi connectivity index (χ3n) is 3.67. The van der Waals surface area contributed by atoms with Crippen molar-refractivity contribution in [2.45, 2.75) is 33.2 Å². The summed E-state index contributed by atoms with van der Waals surface area (Å²) in [7, 11) is 0. The van der Waals surface area contributed by atoms with E-state index >= 15 is 0 Å². The molecule has 0 saturated carbocycles. The van der Waals surface area contributed by atoms with Crippen molar-refractivity contribution >= 4 is 11.9 Å². The van der Waals surface area contributed by atoms with Gasteiger partial charge < -0.3 is 4.42 Å². The summed E-state index contributed by atoms with van der Waals surface area (Å²) in [6.45, 7) is 4.77. The number of carbonyl (C=O) groups is 1. The molecule has 24 heavy (non-hydrogen) atoms. The predicted octanol–water partition coefficient (Wildman–Crippen LogP) is 2.69. The van der Waals surface area contributed by atoms with Gasteiger partial charge in [-0.25, -0.2) is 0 Å². The molecular formula is C17H19N5O2. The van der Waals surface area contributed by atoms with Gasteiger partial charge in [0.2, 0.25) is 5.89 Å². The lowest BCUT2D eigenvalue weighted by Gasteiger charge is -1.99. The third kappa shape index (κ3) is 3.68. The highest BCUT2D eigenvalue weighted by molar-refractivity contribution is 6.01. The molecule has 0 radical (unpaired) electrons. The van der Waals surface area contributed by atoms with Gasteiger partial charge in [-0.3, -0.25) is 14.8 Å². The van der Waals surface area contributed by atoms with Gasteiger partial charge in [0.05, 0.1) is 6.42 Å². The highest BCUT2D eigenvalue weighted by Gasteiger charge is 2.14. The lowest BCUT2D eigenvalue weighted by Crippen LogP contribution is -2.13. The van der Waals surface area contributed by atoms with Gasteiger partial charge in [0.25, 0.3) is 5.91 Å². The van der Waals surface area contributed by atoms with E-state index in [2.05, 4.69) is 39.7 Å². The van der Waals surface area contributed by atoms with Crippen LogP contribution >= 0.6 is 0 Å². The van der Waals surface area contributed by atoms with E-state index in [1.165, 1.54) is 5.56 Å². The van der Waals surface area contributed by atoms with Crippen molar-refractivity contribution in [3.8, 4) is 0 Å². The van der Waals surface area contributed by atoms with Gasteiger partial charge in [-0.1, -0.05) is 36.3 Å². The first kappa shape index (κ1) is 15.9. The second-order valence-electron chi connectivity index (χ2n) is 5.36. The fourth-order valence-corrected chi connectivity index (χ4v) is 2.26. The lowest BCUT2D eigenvalue weighted by molar-refractivity contribution is 0.101. The molecule has 1 aromatic carbocycles. The monoisotopic (exact) mass is 325 g/mol.